The second-order valence-electron chi connectivity index (χ2n) is 5.40. The summed E-state index contributed by atoms with van der Waals surface area (Å²) in [5.74, 6) is 1.48. The van der Waals surface area contributed by atoms with Gasteiger partial charge in [0, 0.05) is 11.6 Å². The summed E-state index contributed by atoms with van der Waals surface area (Å²) in [5, 5.41) is 2.80. The largest absolute Gasteiger partial charge is 0.490 e. The van der Waals surface area contributed by atoms with Crippen LogP contribution in [0.4, 0.5) is 5.69 Å². The van der Waals surface area contributed by atoms with Crippen LogP contribution in [0.5, 0.6) is 17.4 Å². The first-order valence-electron chi connectivity index (χ1n) is 8.39. The van der Waals surface area contributed by atoms with Crippen LogP contribution >= 0.6 is 0 Å². The molecule has 1 aromatic carbocycles. The fraction of sp³-hybridized carbons (Fsp3) is 0.368. The van der Waals surface area contributed by atoms with Crippen LogP contribution in [-0.2, 0) is 0 Å². The van der Waals surface area contributed by atoms with Crippen molar-refractivity contribution in [3.05, 3.63) is 42.1 Å². The molecule has 0 bridgehead atoms. The molecule has 0 aliphatic heterocycles. The smallest absolute Gasteiger partial charge is 0.255 e. The van der Waals surface area contributed by atoms with Gasteiger partial charge in [-0.3, -0.25) is 4.79 Å². The van der Waals surface area contributed by atoms with E-state index in [0.717, 1.165) is 12.8 Å². The van der Waals surface area contributed by atoms with Gasteiger partial charge in [0.2, 0.25) is 5.88 Å². The number of aromatic nitrogens is 1. The first kappa shape index (κ1) is 18.6. The number of benzene rings is 1. The van der Waals surface area contributed by atoms with Crippen molar-refractivity contribution in [1.29, 1.82) is 0 Å². The molecule has 0 saturated carbocycles. The zero-order chi connectivity index (χ0) is 18.1. The molecule has 2 rings (SSSR count). The van der Waals surface area contributed by atoms with Crippen LogP contribution < -0.4 is 19.5 Å². The van der Waals surface area contributed by atoms with Gasteiger partial charge in [-0.15, -0.1) is 0 Å². The average Bonchev–Trinajstić information content (AvgIpc) is 2.65. The fourth-order valence-electron chi connectivity index (χ4n) is 2.08. The van der Waals surface area contributed by atoms with E-state index in [0.29, 0.717) is 41.8 Å². The maximum atomic E-state index is 12.5. The predicted molar refractivity (Wildman–Crippen MR) is 96.8 cm³/mol. The first-order valence-corrected chi connectivity index (χ1v) is 8.39. The van der Waals surface area contributed by atoms with Crippen LogP contribution in [0.2, 0.25) is 0 Å². The summed E-state index contributed by atoms with van der Waals surface area (Å²) in [6.45, 7) is 5.23. The van der Waals surface area contributed by atoms with Crippen molar-refractivity contribution in [1.82, 2.24) is 4.98 Å². The van der Waals surface area contributed by atoms with E-state index in [2.05, 4.69) is 10.3 Å². The number of hydrogen-bond donors (Lipinski definition) is 1. The summed E-state index contributed by atoms with van der Waals surface area (Å²) in [4.78, 5) is 16.5. The fourth-order valence-corrected chi connectivity index (χ4v) is 2.08. The number of ether oxygens (including phenoxy) is 3. The standard InChI is InChI=1S/C19H24N2O4/c1-4-10-24-16-8-6-14(12-17(16)25-11-5-2)19(22)21-15-7-9-18(23-3)20-13-15/h6-9,12-13H,4-5,10-11H2,1-3H3,(H,21,22). The molecule has 1 aromatic heterocycles. The predicted octanol–water partition coefficient (Wildman–Crippen LogP) is 3.92. The van der Waals surface area contributed by atoms with Crippen molar-refractivity contribution in [2.24, 2.45) is 0 Å². The lowest BCUT2D eigenvalue weighted by Crippen LogP contribution is -2.12. The number of methoxy groups -OCH3 is 1. The summed E-state index contributed by atoms with van der Waals surface area (Å²) in [6.07, 6.45) is 3.32. The molecule has 0 aliphatic rings. The quantitative estimate of drug-likeness (QED) is 0.746. The Morgan fingerprint density at radius 2 is 1.76 bits per heavy atom. The lowest BCUT2D eigenvalue weighted by Gasteiger charge is -2.13. The zero-order valence-corrected chi connectivity index (χ0v) is 14.9. The van der Waals surface area contributed by atoms with E-state index in [-0.39, 0.29) is 5.91 Å². The molecule has 1 N–H and O–H groups in total. The van der Waals surface area contributed by atoms with E-state index in [9.17, 15) is 4.79 Å². The van der Waals surface area contributed by atoms with Gasteiger partial charge in [-0.1, -0.05) is 13.8 Å². The lowest BCUT2D eigenvalue weighted by atomic mass is 10.2. The Morgan fingerprint density at radius 1 is 1.04 bits per heavy atom. The Bertz CT molecular complexity index is 686. The van der Waals surface area contributed by atoms with Crippen LogP contribution in [0.3, 0.4) is 0 Å². The number of hydrogen-bond acceptors (Lipinski definition) is 5. The van der Waals surface area contributed by atoms with Gasteiger partial charge in [0.25, 0.3) is 5.91 Å². The summed E-state index contributed by atoms with van der Waals surface area (Å²) < 4.78 is 16.4. The molecule has 6 heteroatoms. The maximum absolute atomic E-state index is 12.5. The second-order valence-corrected chi connectivity index (χ2v) is 5.40. The lowest BCUT2D eigenvalue weighted by molar-refractivity contribution is 0.102. The molecule has 134 valence electrons. The third-order valence-electron chi connectivity index (χ3n) is 3.33. The molecule has 2 aromatic rings. The van der Waals surface area contributed by atoms with Gasteiger partial charge in [-0.05, 0) is 37.1 Å². The van der Waals surface area contributed by atoms with E-state index in [4.69, 9.17) is 14.2 Å². The highest BCUT2D eigenvalue weighted by Gasteiger charge is 2.12. The topological polar surface area (TPSA) is 69.7 Å². The molecule has 6 nitrogen and oxygen atoms in total. The van der Waals surface area contributed by atoms with Crippen LogP contribution in [0, 0.1) is 0 Å². The Hall–Kier alpha value is -2.76. The molecule has 1 heterocycles. The Balaban J connectivity index is 2.14. The molecule has 0 atom stereocenters. The number of anilines is 1. The van der Waals surface area contributed by atoms with Gasteiger partial charge in [0.15, 0.2) is 11.5 Å². The number of rotatable bonds is 9. The highest BCUT2D eigenvalue weighted by atomic mass is 16.5. The molecular weight excluding hydrogens is 320 g/mol. The molecule has 0 saturated heterocycles. The molecule has 1 amide bonds. The van der Waals surface area contributed by atoms with Crippen molar-refractivity contribution >= 4 is 11.6 Å². The van der Waals surface area contributed by atoms with Crippen LogP contribution in [0.15, 0.2) is 36.5 Å². The van der Waals surface area contributed by atoms with E-state index < -0.39 is 0 Å². The highest BCUT2D eigenvalue weighted by Crippen LogP contribution is 2.29. The Kier molecular flexibility index (Phi) is 7.07. The van der Waals surface area contributed by atoms with Crippen molar-refractivity contribution < 1.29 is 19.0 Å². The number of nitrogens with zero attached hydrogens (tertiary/aromatic N) is 1. The first-order chi connectivity index (χ1) is 12.2. The van der Waals surface area contributed by atoms with Gasteiger partial charge >= 0.3 is 0 Å². The van der Waals surface area contributed by atoms with Gasteiger partial charge in [0.1, 0.15) is 0 Å². The van der Waals surface area contributed by atoms with Gasteiger partial charge in [-0.2, -0.15) is 0 Å². The number of carbonyl (C=O) groups is 1. The molecule has 0 aliphatic carbocycles. The molecule has 0 fully saturated rings. The minimum Gasteiger partial charge on any atom is -0.490 e. The third kappa shape index (κ3) is 5.38. The summed E-state index contributed by atoms with van der Waals surface area (Å²) >= 11 is 0. The van der Waals surface area contributed by atoms with Gasteiger partial charge < -0.3 is 19.5 Å². The van der Waals surface area contributed by atoms with Gasteiger partial charge in [-0.25, -0.2) is 4.98 Å². The molecule has 0 unspecified atom stereocenters. The van der Waals surface area contributed by atoms with Crippen LogP contribution in [0.25, 0.3) is 0 Å². The molecule has 25 heavy (non-hydrogen) atoms. The summed E-state index contributed by atoms with van der Waals surface area (Å²) in [6, 6.07) is 8.61. The summed E-state index contributed by atoms with van der Waals surface area (Å²) in [5.41, 5.74) is 1.08. The van der Waals surface area contributed by atoms with Crippen molar-refractivity contribution in [2.45, 2.75) is 26.7 Å². The SMILES string of the molecule is CCCOc1ccc(C(=O)Nc2ccc(OC)nc2)cc1OCCC. The third-order valence-corrected chi connectivity index (χ3v) is 3.33. The van der Waals surface area contributed by atoms with Crippen LogP contribution in [-0.4, -0.2) is 31.2 Å². The minimum atomic E-state index is -0.240. The van der Waals surface area contributed by atoms with Crippen molar-refractivity contribution in [3.63, 3.8) is 0 Å². The number of amides is 1. The zero-order valence-electron chi connectivity index (χ0n) is 14.9. The normalized spacial score (nSPS) is 10.2. The van der Waals surface area contributed by atoms with Crippen molar-refractivity contribution in [3.8, 4) is 17.4 Å². The monoisotopic (exact) mass is 344 g/mol. The Morgan fingerprint density at radius 3 is 2.36 bits per heavy atom. The Labute approximate surface area is 148 Å². The summed E-state index contributed by atoms with van der Waals surface area (Å²) in [7, 11) is 1.54. The average molecular weight is 344 g/mol. The second kappa shape index (κ2) is 9.52. The minimum absolute atomic E-state index is 0.240. The number of nitrogens with one attached hydrogen (secondary N) is 1. The van der Waals surface area contributed by atoms with E-state index in [1.54, 1.807) is 43.6 Å². The van der Waals surface area contributed by atoms with Crippen molar-refractivity contribution in [2.75, 3.05) is 25.6 Å². The molecular formula is C19H24N2O4. The highest BCUT2D eigenvalue weighted by molar-refractivity contribution is 6.04. The maximum Gasteiger partial charge on any atom is 0.255 e. The van der Waals surface area contributed by atoms with Crippen LogP contribution in [0.1, 0.15) is 37.0 Å². The molecule has 0 spiro atoms. The van der Waals surface area contributed by atoms with E-state index >= 15 is 0 Å². The number of carbonyl (C=O) groups excluding carboxylic acids is 1. The van der Waals surface area contributed by atoms with E-state index in [1.807, 2.05) is 13.8 Å². The van der Waals surface area contributed by atoms with E-state index in [1.165, 1.54) is 0 Å². The van der Waals surface area contributed by atoms with Gasteiger partial charge in [0.05, 0.1) is 32.2 Å². The molecule has 0 radical (unpaired) electrons. The number of pyridine rings is 1.